The molecule has 0 spiro atoms. The van der Waals surface area contributed by atoms with Crippen LogP contribution in [0.1, 0.15) is 31.7 Å². The average Bonchev–Trinajstić information content (AvgIpc) is 2.81. The van der Waals surface area contributed by atoms with E-state index in [0.29, 0.717) is 12.0 Å². The molecule has 0 bridgehead atoms. The van der Waals surface area contributed by atoms with E-state index in [9.17, 15) is 0 Å². The van der Waals surface area contributed by atoms with Gasteiger partial charge in [-0.05, 0) is 25.8 Å². The first-order chi connectivity index (χ1) is 7.83. The van der Waals surface area contributed by atoms with Gasteiger partial charge >= 0.3 is 0 Å². The summed E-state index contributed by atoms with van der Waals surface area (Å²) in [5.74, 6) is 0.669. The Kier molecular flexibility index (Phi) is 3.66. The van der Waals surface area contributed by atoms with Crippen molar-refractivity contribution in [2.75, 3.05) is 18.4 Å². The Morgan fingerprint density at radius 1 is 1.25 bits per heavy atom. The number of aromatic nitrogens is 3. The van der Waals surface area contributed by atoms with Crippen molar-refractivity contribution >= 4 is 5.95 Å². The Morgan fingerprint density at radius 2 is 2.06 bits per heavy atom. The molecule has 2 rings (SSSR count). The number of nitrogens with one attached hydrogen (secondary N) is 2. The van der Waals surface area contributed by atoms with Crippen LogP contribution in [0.15, 0.2) is 0 Å². The van der Waals surface area contributed by atoms with E-state index in [4.69, 9.17) is 0 Å². The van der Waals surface area contributed by atoms with Crippen LogP contribution in [-0.4, -0.2) is 34.3 Å². The van der Waals surface area contributed by atoms with E-state index in [0.717, 1.165) is 43.7 Å². The van der Waals surface area contributed by atoms with Gasteiger partial charge in [-0.1, -0.05) is 13.8 Å². The molecule has 1 aliphatic rings. The van der Waals surface area contributed by atoms with Crippen LogP contribution in [0, 0.1) is 0 Å². The van der Waals surface area contributed by atoms with Gasteiger partial charge < -0.3 is 10.6 Å². The molecule has 5 heteroatoms. The molecule has 0 amide bonds. The van der Waals surface area contributed by atoms with Crippen molar-refractivity contribution in [3.8, 4) is 0 Å². The molecule has 88 valence electrons. The molecule has 1 unspecified atom stereocenters. The molecule has 1 aromatic heterocycles. The maximum Gasteiger partial charge on any atom is 0.243 e. The van der Waals surface area contributed by atoms with Gasteiger partial charge in [-0.2, -0.15) is 5.10 Å². The fourth-order valence-electron chi connectivity index (χ4n) is 1.96. The summed E-state index contributed by atoms with van der Waals surface area (Å²) in [5.41, 5.74) is 2.07. The van der Waals surface area contributed by atoms with Gasteiger partial charge in [0.15, 0.2) is 0 Å². The molecule has 16 heavy (non-hydrogen) atoms. The highest BCUT2D eigenvalue weighted by molar-refractivity contribution is 5.27. The van der Waals surface area contributed by atoms with Gasteiger partial charge in [-0.15, -0.1) is 5.10 Å². The highest BCUT2D eigenvalue weighted by Crippen LogP contribution is 2.09. The molecule has 0 saturated carbocycles. The minimum Gasteiger partial charge on any atom is -0.349 e. The van der Waals surface area contributed by atoms with Gasteiger partial charge in [-0.25, -0.2) is 4.98 Å². The Bertz CT molecular complexity index is 346. The molecule has 0 aromatic carbocycles. The van der Waals surface area contributed by atoms with Gasteiger partial charge in [0.05, 0.1) is 11.4 Å². The molecule has 1 atom stereocenters. The van der Waals surface area contributed by atoms with Crippen LogP contribution in [0.4, 0.5) is 5.95 Å². The minimum absolute atomic E-state index is 0.444. The molecular weight excluding hydrogens is 202 g/mol. The van der Waals surface area contributed by atoms with Crippen LogP contribution >= 0.6 is 0 Å². The summed E-state index contributed by atoms with van der Waals surface area (Å²) in [7, 11) is 0. The minimum atomic E-state index is 0.444. The van der Waals surface area contributed by atoms with Crippen molar-refractivity contribution in [2.45, 2.75) is 39.2 Å². The zero-order valence-electron chi connectivity index (χ0n) is 9.95. The van der Waals surface area contributed by atoms with E-state index >= 15 is 0 Å². The number of nitrogens with zero attached hydrogens (tertiary/aromatic N) is 3. The first-order valence-electron chi connectivity index (χ1n) is 6.03. The lowest BCUT2D eigenvalue weighted by molar-refractivity contribution is 0.754. The van der Waals surface area contributed by atoms with E-state index in [1.165, 1.54) is 0 Å². The zero-order chi connectivity index (χ0) is 11.4. The Morgan fingerprint density at radius 3 is 2.69 bits per heavy atom. The van der Waals surface area contributed by atoms with Crippen LogP contribution in [0.5, 0.6) is 0 Å². The van der Waals surface area contributed by atoms with Crippen molar-refractivity contribution in [2.24, 2.45) is 0 Å². The van der Waals surface area contributed by atoms with E-state index in [1.54, 1.807) is 0 Å². The van der Waals surface area contributed by atoms with Crippen LogP contribution in [-0.2, 0) is 12.8 Å². The predicted molar refractivity (Wildman–Crippen MR) is 63.5 cm³/mol. The summed E-state index contributed by atoms with van der Waals surface area (Å²) < 4.78 is 0. The largest absolute Gasteiger partial charge is 0.349 e. The molecular formula is C11H19N5. The Hall–Kier alpha value is -1.23. The van der Waals surface area contributed by atoms with Gasteiger partial charge in [0.25, 0.3) is 0 Å². The summed E-state index contributed by atoms with van der Waals surface area (Å²) in [4.78, 5) is 4.51. The predicted octanol–water partition coefficient (Wildman–Crippen LogP) is 0.770. The Balaban J connectivity index is 2.09. The molecule has 2 N–H and O–H groups in total. The standard InChI is InChI=1S/C11H19N5/c1-3-9-10(4-2)15-16-11(14-9)13-8-5-6-12-7-8/h8,12H,3-7H2,1-2H3,(H,13,14,16). The molecule has 1 aliphatic heterocycles. The third-order valence-electron chi connectivity index (χ3n) is 2.90. The first kappa shape index (κ1) is 11.3. The molecule has 0 radical (unpaired) electrons. The van der Waals surface area contributed by atoms with Crippen LogP contribution in [0.2, 0.25) is 0 Å². The summed E-state index contributed by atoms with van der Waals surface area (Å²) in [6.45, 7) is 6.24. The Labute approximate surface area is 96.1 Å². The molecule has 1 fully saturated rings. The summed E-state index contributed by atoms with van der Waals surface area (Å²) in [6, 6.07) is 0.444. The van der Waals surface area contributed by atoms with Crippen molar-refractivity contribution in [3.05, 3.63) is 11.4 Å². The number of aryl methyl sites for hydroxylation is 2. The second-order valence-electron chi connectivity index (χ2n) is 4.07. The zero-order valence-corrected chi connectivity index (χ0v) is 9.95. The second-order valence-corrected chi connectivity index (χ2v) is 4.07. The number of hydrogen-bond donors (Lipinski definition) is 2. The van der Waals surface area contributed by atoms with Gasteiger partial charge in [0.1, 0.15) is 0 Å². The lowest BCUT2D eigenvalue weighted by Crippen LogP contribution is -2.24. The number of hydrogen-bond acceptors (Lipinski definition) is 5. The van der Waals surface area contributed by atoms with Crippen molar-refractivity contribution in [1.29, 1.82) is 0 Å². The summed E-state index contributed by atoms with van der Waals surface area (Å²) >= 11 is 0. The lowest BCUT2D eigenvalue weighted by Gasteiger charge is -2.12. The molecule has 0 aliphatic carbocycles. The highest BCUT2D eigenvalue weighted by Gasteiger charge is 2.15. The average molecular weight is 221 g/mol. The first-order valence-corrected chi connectivity index (χ1v) is 6.03. The maximum atomic E-state index is 4.51. The van der Waals surface area contributed by atoms with Crippen LogP contribution in [0.3, 0.4) is 0 Å². The maximum absolute atomic E-state index is 4.51. The number of rotatable bonds is 4. The van der Waals surface area contributed by atoms with Gasteiger partial charge in [0.2, 0.25) is 5.95 Å². The van der Waals surface area contributed by atoms with Crippen molar-refractivity contribution in [1.82, 2.24) is 20.5 Å². The lowest BCUT2D eigenvalue weighted by atomic mass is 10.2. The summed E-state index contributed by atoms with van der Waals surface area (Å²) in [6.07, 6.45) is 2.94. The third-order valence-corrected chi connectivity index (χ3v) is 2.90. The fourth-order valence-corrected chi connectivity index (χ4v) is 1.96. The number of anilines is 1. The molecule has 2 heterocycles. The second kappa shape index (κ2) is 5.21. The van der Waals surface area contributed by atoms with Gasteiger partial charge in [-0.3, -0.25) is 0 Å². The smallest absolute Gasteiger partial charge is 0.243 e. The van der Waals surface area contributed by atoms with E-state index in [1.807, 2.05) is 0 Å². The van der Waals surface area contributed by atoms with E-state index in [2.05, 4.69) is 39.7 Å². The molecule has 1 aromatic rings. The SMILES string of the molecule is CCc1nnc(NC2CCNC2)nc1CC. The molecule has 5 nitrogen and oxygen atoms in total. The van der Waals surface area contributed by atoms with Crippen molar-refractivity contribution < 1.29 is 0 Å². The van der Waals surface area contributed by atoms with Gasteiger partial charge in [0, 0.05) is 12.6 Å². The quantitative estimate of drug-likeness (QED) is 0.786. The fraction of sp³-hybridized carbons (Fsp3) is 0.727. The normalized spacial score (nSPS) is 20.0. The molecule has 1 saturated heterocycles. The highest BCUT2D eigenvalue weighted by atomic mass is 15.3. The van der Waals surface area contributed by atoms with Crippen LogP contribution in [0.25, 0.3) is 0 Å². The summed E-state index contributed by atoms with van der Waals surface area (Å²) in [5, 5.41) is 15.0. The van der Waals surface area contributed by atoms with E-state index in [-0.39, 0.29) is 0 Å². The monoisotopic (exact) mass is 221 g/mol. The van der Waals surface area contributed by atoms with E-state index < -0.39 is 0 Å². The van der Waals surface area contributed by atoms with Crippen LogP contribution < -0.4 is 10.6 Å². The topological polar surface area (TPSA) is 62.7 Å². The van der Waals surface area contributed by atoms with Crippen molar-refractivity contribution in [3.63, 3.8) is 0 Å². The third kappa shape index (κ3) is 2.47.